The number of rotatable bonds is 4. The van der Waals surface area contributed by atoms with Crippen LogP contribution in [-0.4, -0.2) is 71.9 Å². The van der Waals surface area contributed by atoms with Crippen molar-refractivity contribution in [3.8, 4) is 0 Å². The molecule has 5 rings (SSSR count). The Hall–Kier alpha value is -3.37. The van der Waals surface area contributed by atoms with Crippen LogP contribution in [0.5, 0.6) is 0 Å². The number of amides is 2. The van der Waals surface area contributed by atoms with Gasteiger partial charge in [0.05, 0.1) is 22.5 Å². The first-order chi connectivity index (χ1) is 17.4. The topological polar surface area (TPSA) is 130 Å². The number of hydrogen-bond donors (Lipinski definition) is 4. The summed E-state index contributed by atoms with van der Waals surface area (Å²) < 4.78 is 0.757. The standard InChI is InChI=1S/C26H30BrN7O2/c27-16-12-20(25(35)33-10-7-30-8-11-33)23(22(28)13-16)32-17-4-3-9-34(15-17)26(36)21-14-31-24(29)19-6-2-1-5-18(19)21/h1-2,5-6,12-14,17,30,32H,3-4,7-11,15,28H2,(H2,29,31)/t17-/m1/s1. The third-order valence-corrected chi connectivity index (χ3v) is 7.34. The number of hydrogen-bond acceptors (Lipinski definition) is 7. The second-order valence-electron chi connectivity index (χ2n) is 9.30. The smallest absolute Gasteiger partial charge is 0.256 e. The summed E-state index contributed by atoms with van der Waals surface area (Å²) in [6.07, 6.45) is 3.26. The van der Waals surface area contributed by atoms with Gasteiger partial charge in [-0.15, -0.1) is 0 Å². The number of nitrogen functional groups attached to an aromatic ring is 2. The fourth-order valence-electron chi connectivity index (χ4n) is 5.03. The molecule has 10 heteroatoms. The summed E-state index contributed by atoms with van der Waals surface area (Å²) in [6, 6.07) is 11.1. The highest BCUT2D eigenvalue weighted by atomic mass is 79.9. The molecule has 2 aromatic carbocycles. The zero-order chi connectivity index (χ0) is 25.2. The van der Waals surface area contributed by atoms with E-state index in [1.165, 1.54) is 0 Å². The molecule has 0 radical (unpaired) electrons. The average Bonchev–Trinajstić information content (AvgIpc) is 2.90. The number of fused-ring (bicyclic) bond motifs is 1. The highest BCUT2D eigenvalue weighted by molar-refractivity contribution is 9.10. The van der Waals surface area contributed by atoms with Crippen LogP contribution in [0.15, 0.2) is 47.1 Å². The van der Waals surface area contributed by atoms with Crippen molar-refractivity contribution >= 4 is 55.7 Å². The van der Waals surface area contributed by atoms with Crippen LogP contribution in [-0.2, 0) is 0 Å². The molecule has 9 nitrogen and oxygen atoms in total. The summed E-state index contributed by atoms with van der Waals surface area (Å²) in [5, 5.41) is 8.35. The number of piperidine rings is 1. The van der Waals surface area contributed by atoms with Crippen LogP contribution in [0.25, 0.3) is 10.8 Å². The summed E-state index contributed by atoms with van der Waals surface area (Å²) in [5.74, 6) is 0.286. The lowest BCUT2D eigenvalue weighted by Crippen LogP contribution is -2.47. The molecule has 36 heavy (non-hydrogen) atoms. The molecule has 3 heterocycles. The minimum Gasteiger partial charge on any atom is -0.397 e. The maximum absolute atomic E-state index is 13.5. The minimum atomic E-state index is -0.0777. The number of nitrogens with zero attached hydrogens (tertiary/aromatic N) is 3. The first-order valence-electron chi connectivity index (χ1n) is 12.2. The van der Waals surface area contributed by atoms with E-state index in [9.17, 15) is 9.59 Å². The van der Waals surface area contributed by atoms with Gasteiger partial charge >= 0.3 is 0 Å². The lowest BCUT2D eigenvalue weighted by atomic mass is 10.0. The molecule has 2 amide bonds. The van der Waals surface area contributed by atoms with Crippen LogP contribution in [0.3, 0.4) is 0 Å². The number of carbonyl (C=O) groups is 2. The molecule has 3 aromatic rings. The van der Waals surface area contributed by atoms with Crippen LogP contribution >= 0.6 is 15.9 Å². The normalized spacial score (nSPS) is 18.3. The number of anilines is 3. The first kappa shape index (κ1) is 24.3. The predicted octanol–water partition coefficient (Wildman–Crippen LogP) is 2.92. The minimum absolute atomic E-state index is 0.0461. The maximum Gasteiger partial charge on any atom is 0.256 e. The van der Waals surface area contributed by atoms with E-state index in [1.807, 2.05) is 40.1 Å². The number of aromatic nitrogens is 1. The lowest BCUT2D eigenvalue weighted by molar-refractivity contribution is 0.0711. The Kier molecular flexibility index (Phi) is 6.97. The zero-order valence-corrected chi connectivity index (χ0v) is 21.6. The summed E-state index contributed by atoms with van der Waals surface area (Å²) in [5.41, 5.74) is 14.6. The number of pyridine rings is 1. The Balaban J connectivity index is 1.38. The average molecular weight is 552 g/mol. The van der Waals surface area contributed by atoms with E-state index >= 15 is 0 Å². The third-order valence-electron chi connectivity index (χ3n) is 6.88. The van der Waals surface area contributed by atoms with E-state index in [0.717, 1.165) is 41.2 Å². The van der Waals surface area contributed by atoms with Crippen molar-refractivity contribution in [1.29, 1.82) is 0 Å². The molecule has 0 bridgehead atoms. The van der Waals surface area contributed by atoms with Gasteiger partial charge in [0.1, 0.15) is 5.82 Å². The van der Waals surface area contributed by atoms with E-state index in [-0.39, 0.29) is 17.9 Å². The summed E-state index contributed by atoms with van der Waals surface area (Å²) >= 11 is 3.49. The summed E-state index contributed by atoms with van der Waals surface area (Å²) in [7, 11) is 0. The number of halogens is 1. The number of nitrogens with one attached hydrogen (secondary N) is 2. The Morgan fingerprint density at radius 2 is 1.72 bits per heavy atom. The monoisotopic (exact) mass is 551 g/mol. The third kappa shape index (κ3) is 4.83. The van der Waals surface area contributed by atoms with Gasteiger partial charge in [-0.2, -0.15) is 0 Å². The quantitative estimate of drug-likeness (QED) is 0.367. The molecular weight excluding hydrogens is 522 g/mol. The van der Waals surface area contributed by atoms with Gasteiger partial charge in [0.25, 0.3) is 11.8 Å². The van der Waals surface area contributed by atoms with Crippen molar-refractivity contribution in [2.45, 2.75) is 18.9 Å². The van der Waals surface area contributed by atoms with Gasteiger partial charge in [-0.1, -0.05) is 40.2 Å². The van der Waals surface area contributed by atoms with E-state index < -0.39 is 0 Å². The molecule has 188 valence electrons. The number of benzene rings is 2. The van der Waals surface area contributed by atoms with E-state index in [2.05, 4.69) is 31.5 Å². The molecular formula is C26H30BrN7O2. The lowest BCUT2D eigenvalue weighted by Gasteiger charge is -2.35. The molecule has 2 fully saturated rings. The SMILES string of the molecule is Nc1cc(Br)cc(C(=O)N2CCNCC2)c1N[C@@H]1CCCN(C(=O)c2cnc(N)c3ccccc23)C1. The van der Waals surface area contributed by atoms with Crippen molar-refractivity contribution < 1.29 is 9.59 Å². The Labute approximate surface area is 218 Å². The van der Waals surface area contributed by atoms with Crippen LogP contribution in [0.2, 0.25) is 0 Å². The van der Waals surface area contributed by atoms with Crippen molar-refractivity contribution in [1.82, 2.24) is 20.1 Å². The number of likely N-dealkylation sites (tertiary alicyclic amines) is 1. The summed E-state index contributed by atoms with van der Waals surface area (Å²) in [6.45, 7) is 3.99. The van der Waals surface area contributed by atoms with Crippen LogP contribution < -0.4 is 22.1 Å². The van der Waals surface area contributed by atoms with Gasteiger partial charge in [-0.25, -0.2) is 4.98 Å². The van der Waals surface area contributed by atoms with Crippen molar-refractivity contribution in [3.63, 3.8) is 0 Å². The van der Waals surface area contributed by atoms with Gasteiger partial charge in [0, 0.05) is 61.4 Å². The Bertz CT molecular complexity index is 1310. The van der Waals surface area contributed by atoms with Crippen LogP contribution in [0, 0.1) is 0 Å². The highest BCUT2D eigenvalue weighted by Crippen LogP contribution is 2.32. The van der Waals surface area contributed by atoms with Gasteiger partial charge in [0.2, 0.25) is 0 Å². The Morgan fingerprint density at radius 3 is 2.50 bits per heavy atom. The van der Waals surface area contributed by atoms with Crippen molar-refractivity contribution in [2.24, 2.45) is 0 Å². The van der Waals surface area contributed by atoms with Gasteiger partial charge in [0.15, 0.2) is 0 Å². The van der Waals surface area contributed by atoms with Gasteiger partial charge in [-0.05, 0) is 30.4 Å². The maximum atomic E-state index is 13.5. The molecule has 2 aliphatic rings. The van der Waals surface area contributed by atoms with Crippen molar-refractivity contribution in [2.75, 3.05) is 56.1 Å². The van der Waals surface area contributed by atoms with Crippen LogP contribution in [0.1, 0.15) is 33.6 Å². The molecule has 2 saturated heterocycles. The fourth-order valence-corrected chi connectivity index (χ4v) is 5.51. The largest absolute Gasteiger partial charge is 0.397 e. The second-order valence-corrected chi connectivity index (χ2v) is 10.2. The summed E-state index contributed by atoms with van der Waals surface area (Å²) in [4.78, 5) is 34.9. The molecule has 0 saturated carbocycles. The number of carbonyl (C=O) groups excluding carboxylic acids is 2. The molecule has 6 N–H and O–H groups in total. The molecule has 2 aliphatic heterocycles. The first-order valence-corrected chi connectivity index (χ1v) is 13.0. The van der Waals surface area contributed by atoms with Crippen LogP contribution in [0.4, 0.5) is 17.2 Å². The number of piperazine rings is 1. The second kappa shape index (κ2) is 10.3. The van der Waals surface area contributed by atoms with E-state index in [1.54, 1.807) is 12.3 Å². The highest BCUT2D eigenvalue weighted by Gasteiger charge is 2.29. The number of nitrogens with two attached hydrogens (primary N) is 2. The zero-order valence-electron chi connectivity index (χ0n) is 20.0. The van der Waals surface area contributed by atoms with E-state index in [0.29, 0.717) is 54.5 Å². The van der Waals surface area contributed by atoms with Crippen molar-refractivity contribution in [3.05, 3.63) is 58.2 Å². The van der Waals surface area contributed by atoms with E-state index in [4.69, 9.17) is 11.5 Å². The molecule has 1 atom stereocenters. The molecule has 0 spiro atoms. The van der Waals surface area contributed by atoms with Gasteiger partial charge < -0.3 is 31.9 Å². The Morgan fingerprint density at radius 1 is 1.00 bits per heavy atom. The predicted molar refractivity (Wildman–Crippen MR) is 146 cm³/mol. The fraction of sp³-hybridized carbons (Fsp3) is 0.346. The van der Waals surface area contributed by atoms with Gasteiger partial charge in [-0.3, -0.25) is 9.59 Å². The molecule has 1 aromatic heterocycles. The molecule has 0 aliphatic carbocycles. The molecule has 0 unspecified atom stereocenters.